The molecule has 6 nitrogen and oxygen atoms in total. The lowest BCUT2D eigenvalue weighted by atomic mass is 9.98. The number of hydrogen-bond donors (Lipinski definition) is 0. The third-order valence-electron chi connectivity index (χ3n) is 4.50. The minimum Gasteiger partial charge on any atom is -0.444 e. The molecular formula is C18H23NO5. The van der Waals surface area contributed by atoms with Crippen LogP contribution in [0, 0.1) is 0 Å². The fraction of sp³-hybridized carbons (Fsp3) is 0.611. The van der Waals surface area contributed by atoms with Gasteiger partial charge in [-0.05, 0) is 20.8 Å². The van der Waals surface area contributed by atoms with Gasteiger partial charge >= 0.3 is 6.09 Å². The van der Waals surface area contributed by atoms with Crippen molar-refractivity contribution in [2.24, 2.45) is 0 Å². The van der Waals surface area contributed by atoms with Crippen molar-refractivity contribution >= 4 is 6.09 Å². The third kappa shape index (κ3) is 3.01. The zero-order valence-corrected chi connectivity index (χ0v) is 14.2. The van der Waals surface area contributed by atoms with E-state index in [0.717, 1.165) is 5.56 Å². The van der Waals surface area contributed by atoms with Crippen LogP contribution in [0.1, 0.15) is 32.6 Å². The molecule has 3 aliphatic heterocycles. The Morgan fingerprint density at radius 3 is 2.62 bits per heavy atom. The lowest BCUT2D eigenvalue weighted by molar-refractivity contribution is -0.248. The number of nitrogens with zero attached hydrogens (tertiary/aromatic N) is 1. The quantitative estimate of drug-likeness (QED) is 0.739. The average molecular weight is 333 g/mol. The molecule has 0 aliphatic carbocycles. The van der Waals surface area contributed by atoms with E-state index < -0.39 is 11.9 Å². The van der Waals surface area contributed by atoms with Gasteiger partial charge in [-0.15, -0.1) is 0 Å². The van der Waals surface area contributed by atoms with Crippen LogP contribution in [0.25, 0.3) is 0 Å². The fourth-order valence-electron chi connectivity index (χ4n) is 3.35. The summed E-state index contributed by atoms with van der Waals surface area (Å²) in [6, 6.07) is 9.65. The fourth-order valence-corrected chi connectivity index (χ4v) is 3.35. The van der Waals surface area contributed by atoms with Crippen molar-refractivity contribution in [1.82, 2.24) is 4.90 Å². The minimum absolute atomic E-state index is 0.0355. The first-order chi connectivity index (χ1) is 11.4. The summed E-state index contributed by atoms with van der Waals surface area (Å²) < 4.78 is 23.3. The molecule has 0 unspecified atom stereocenters. The number of benzene rings is 1. The number of ether oxygens (including phenoxy) is 4. The average Bonchev–Trinajstić information content (AvgIpc) is 3.32. The maximum absolute atomic E-state index is 12.5. The summed E-state index contributed by atoms with van der Waals surface area (Å²) in [5.74, 6) is 0. The lowest BCUT2D eigenvalue weighted by Crippen LogP contribution is -2.60. The Balaban J connectivity index is 1.50. The molecule has 0 N–H and O–H groups in total. The Bertz CT molecular complexity index is 614. The van der Waals surface area contributed by atoms with Crippen molar-refractivity contribution in [3.8, 4) is 0 Å². The van der Waals surface area contributed by atoms with Crippen LogP contribution in [0.4, 0.5) is 4.79 Å². The highest BCUT2D eigenvalue weighted by Crippen LogP contribution is 2.42. The summed E-state index contributed by atoms with van der Waals surface area (Å²) >= 11 is 0. The molecular weight excluding hydrogens is 310 g/mol. The van der Waals surface area contributed by atoms with E-state index >= 15 is 0 Å². The molecule has 130 valence electrons. The first kappa shape index (κ1) is 15.9. The zero-order chi connectivity index (χ0) is 16.9. The van der Waals surface area contributed by atoms with Gasteiger partial charge < -0.3 is 18.9 Å². The predicted molar refractivity (Wildman–Crippen MR) is 85.4 cm³/mol. The zero-order valence-electron chi connectivity index (χ0n) is 14.2. The van der Waals surface area contributed by atoms with Crippen LogP contribution >= 0.6 is 0 Å². The number of amides is 1. The van der Waals surface area contributed by atoms with Gasteiger partial charge in [0.1, 0.15) is 23.9 Å². The Morgan fingerprint density at radius 1 is 1.17 bits per heavy atom. The number of carbonyl (C=O) groups excluding carboxylic acids is 1. The standard InChI is InChI=1S/C18H23NO5/c1-18(2,3)24-17(20)19-9-13-15(22-13)14-12(19)10-21-16(23-14)11-7-5-4-6-8-11/h4-8,12-16H,9-10H2,1-3H3/t12-,13-,14+,15-,16+/m0/s1. The number of piperidine rings is 1. The van der Waals surface area contributed by atoms with E-state index in [1.54, 1.807) is 4.90 Å². The minimum atomic E-state index is -0.531. The molecule has 24 heavy (non-hydrogen) atoms. The van der Waals surface area contributed by atoms with Gasteiger partial charge in [-0.2, -0.15) is 0 Å². The molecule has 0 bridgehead atoms. The van der Waals surface area contributed by atoms with Gasteiger partial charge in [0, 0.05) is 5.56 Å². The Morgan fingerprint density at radius 2 is 1.92 bits per heavy atom. The summed E-state index contributed by atoms with van der Waals surface area (Å²) in [7, 11) is 0. The number of likely N-dealkylation sites (tertiary alicyclic amines) is 1. The van der Waals surface area contributed by atoms with Gasteiger partial charge in [-0.3, -0.25) is 4.90 Å². The maximum Gasteiger partial charge on any atom is 0.410 e. The van der Waals surface area contributed by atoms with E-state index in [9.17, 15) is 4.79 Å². The maximum atomic E-state index is 12.5. The van der Waals surface area contributed by atoms with E-state index in [1.807, 2.05) is 51.1 Å². The Kier molecular flexibility index (Phi) is 3.78. The summed E-state index contributed by atoms with van der Waals surface area (Å²) in [6.07, 6.45) is -0.861. The highest BCUT2D eigenvalue weighted by Gasteiger charge is 2.59. The molecule has 3 aliphatic rings. The van der Waals surface area contributed by atoms with Crippen molar-refractivity contribution in [2.45, 2.75) is 57.0 Å². The molecule has 3 heterocycles. The second kappa shape index (κ2) is 5.72. The van der Waals surface area contributed by atoms with E-state index in [4.69, 9.17) is 18.9 Å². The first-order valence-corrected chi connectivity index (χ1v) is 8.39. The van der Waals surface area contributed by atoms with Crippen molar-refractivity contribution in [1.29, 1.82) is 0 Å². The van der Waals surface area contributed by atoms with Gasteiger partial charge in [-0.1, -0.05) is 30.3 Å². The predicted octanol–water partition coefficient (Wildman–Crippen LogP) is 2.49. The molecule has 1 aromatic rings. The van der Waals surface area contributed by atoms with Gasteiger partial charge in [0.15, 0.2) is 6.29 Å². The van der Waals surface area contributed by atoms with Gasteiger partial charge in [0.2, 0.25) is 0 Å². The molecule has 1 amide bonds. The van der Waals surface area contributed by atoms with Gasteiger partial charge in [0.25, 0.3) is 0 Å². The lowest BCUT2D eigenvalue weighted by Gasteiger charge is -2.44. The molecule has 0 spiro atoms. The summed E-state index contributed by atoms with van der Waals surface area (Å²) in [5, 5.41) is 0. The van der Waals surface area contributed by atoms with Gasteiger partial charge in [0.05, 0.1) is 19.2 Å². The number of hydrogen-bond acceptors (Lipinski definition) is 5. The highest BCUT2D eigenvalue weighted by atomic mass is 16.7. The molecule has 1 aromatic carbocycles. The molecule has 3 fully saturated rings. The molecule has 4 rings (SSSR count). The molecule has 0 radical (unpaired) electrons. The topological polar surface area (TPSA) is 60.5 Å². The molecule has 0 saturated carbocycles. The van der Waals surface area contributed by atoms with E-state index in [-0.39, 0.29) is 30.4 Å². The van der Waals surface area contributed by atoms with Crippen LogP contribution < -0.4 is 0 Å². The van der Waals surface area contributed by atoms with Crippen LogP contribution in [0.5, 0.6) is 0 Å². The van der Waals surface area contributed by atoms with Crippen molar-refractivity contribution in [3.63, 3.8) is 0 Å². The smallest absolute Gasteiger partial charge is 0.410 e. The number of epoxide rings is 1. The molecule has 6 heteroatoms. The van der Waals surface area contributed by atoms with Crippen LogP contribution in [-0.2, 0) is 18.9 Å². The normalized spacial score (nSPS) is 35.0. The van der Waals surface area contributed by atoms with Crippen LogP contribution in [0.2, 0.25) is 0 Å². The summed E-state index contributed by atoms with van der Waals surface area (Å²) in [4.78, 5) is 14.2. The van der Waals surface area contributed by atoms with E-state index in [1.165, 1.54) is 0 Å². The molecule has 5 atom stereocenters. The Labute approximate surface area is 141 Å². The van der Waals surface area contributed by atoms with Crippen molar-refractivity contribution in [2.75, 3.05) is 13.2 Å². The molecule has 3 saturated heterocycles. The first-order valence-electron chi connectivity index (χ1n) is 8.39. The monoisotopic (exact) mass is 333 g/mol. The number of rotatable bonds is 1. The van der Waals surface area contributed by atoms with E-state index in [2.05, 4.69) is 0 Å². The third-order valence-corrected chi connectivity index (χ3v) is 4.50. The molecule has 0 aromatic heterocycles. The van der Waals surface area contributed by atoms with Gasteiger partial charge in [-0.25, -0.2) is 4.79 Å². The van der Waals surface area contributed by atoms with Crippen LogP contribution in [0.15, 0.2) is 30.3 Å². The van der Waals surface area contributed by atoms with Crippen molar-refractivity contribution < 1.29 is 23.7 Å². The van der Waals surface area contributed by atoms with E-state index in [0.29, 0.717) is 13.2 Å². The summed E-state index contributed by atoms with van der Waals surface area (Å²) in [5.41, 5.74) is 0.444. The number of fused-ring (bicyclic) bond motifs is 3. The summed E-state index contributed by atoms with van der Waals surface area (Å²) in [6.45, 7) is 6.53. The van der Waals surface area contributed by atoms with Crippen LogP contribution in [0.3, 0.4) is 0 Å². The Hall–Kier alpha value is -1.63. The number of carbonyl (C=O) groups is 1. The van der Waals surface area contributed by atoms with Crippen LogP contribution in [-0.4, -0.2) is 54.1 Å². The largest absolute Gasteiger partial charge is 0.444 e. The highest BCUT2D eigenvalue weighted by molar-refractivity contribution is 5.69. The SMILES string of the molecule is CC(C)(C)OC(=O)N1C[C@@H]2O[C@@H]2[C@@H]2O[C@H](c3ccccc3)OC[C@@H]21. The second-order valence-corrected chi connectivity index (χ2v) is 7.52. The second-order valence-electron chi connectivity index (χ2n) is 7.52. The van der Waals surface area contributed by atoms with Crippen molar-refractivity contribution in [3.05, 3.63) is 35.9 Å².